The molecule has 0 aromatic carbocycles. The molecule has 1 saturated carbocycles. The van der Waals surface area contributed by atoms with Crippen LogP contribution in [0.25, 0.3) is 0 Å². The van der Waals surface area contributed by atoms with Gasteiger partial charge in [0.15, 0.2) is 5.82 Å². The number of hydrogen-bond donors (Lipinski definition) is 1. The predicted molar refractivity (Wildman–Crippen MR) is 48.3 cm³/mol. The lowest BCUT2D eigenvalue weighted by Crippen LogP contribution is -2.01. The maximum absolute atomic E-state index is 13.1. The van der Waals surface area contributed by atoms with E-state index < -0.39 is 5.82 Å². The smallest absolute Gasteiger partial charge is 0.150 e. The van der Waals surface area contributed by atoms with Crippen LogP contribution < -0.4 is 4.74 Å². The molecule has 2 rings (SSSR count). The molecule has 1 aromatic rings. The number of nitrogens with zero attached hydrogens (tertiary/aromatic N) is 1. The molecule has 0 spiro atoms. The number of rotatable bonds is 4. The third kappa shape index (κ3) is 2.20. The summed E-state index contributed by atoms with van der Waals surface area (Å²) in [7, 11) is 0. The molecule has 14 heavy (non-hydrogen) atoms. The SMILES string of the molecule is OCc1ncc(OCC2CC2)cc1F. The summed E-state index contributed by atoms with van der Waals surface area (Å²) < 4.78 is 18.4. The Morgan fingerprint density at radius 2 is 2.36 bits per heavy atom. The van der Waals surface area contributed by atoms with Gasteiger partial charge in [-0.1, -0.05) is 0 Å². The molecule has 1 aromatic heterocycles. The van der Waals surface area contributed by atoms with Crippen molar-refractivity contribution in [3.8, 4) is 5.75 Å². The van der Waals surface area contributed by atoms with Crippen LogP contribution in [-0.4, -0.2) is 16.7 Å². The van der Waals surface area contributed by atoms with Crippen LogP contribution in [0.4, 0.5) is 4.39 Å². The molecule has 0 bridgehead atoms. The maximum atomic E-state index is 13.1. The number of aromatic nitrogens is 1. The molecule has 76 valence electrons. The van der Waals surface area contributed by atoms with Crippen LogP contribution in [-0.2, 0) is 6.61 Å². The summed E-state index contributed by atoms with van der Waals surface area (Å²) in [5.41, 5.74) is 0.0590. The Kier molecular flexibility index (Phi) is 2.63. The van der Waals surface area contributed by atoms with Gasteiger partial charge in [-0.3, -0.25) is 4.98 Å². The highest BCUT2D eigenvalue weighted by Gasteiger charge is 2.22. The van der Waals surface area contributed by atoms with E-state index in [-0.39, 0.29) is 12.3 Å². The van der Waals surface area contributed by atoms with E-state index in [1.165, 1.54) is 25.1 Å². The molecule has 1 aliphatic rings. The third-order valence-electron chi connectivity index (χ3n) is 2.22. The van der Waals surface area contributed by atoms with Crippen LogP contribution >= 0.6 is 0 Å². The highest BCUT2D eigenvalue weighted by atomic mass is 19.1. The molecule has 1 N–H and O–H groups in total. The van der Waals surface area contributed by atoms with Crippen molar-refractivity contribution in [3.63, 3.8) is 0 Å². The minimum absolute atomic E-state index is 0.0590. The number of aliphatic hydroxyl groups is 1. The number of ether oxygens (including phenoxy) is 1. The lowest BCUT2D eigenvalue weighted by molar-refractivity contribution is 0.266. The molecule has 0 radical (unpaired) electrons. The normalized spacial score (nSPS) is 15.6. The van der Waals surface area contributed by atoms with Crippen molar-refractivity contribution in [1.29, 1.82) is 0 Å². The summed E-state index contributed by atoms with van der Waals surface area (Å²) in [6, 6.07) is 1.26. The first kappa shape index (κ1) is 9.40. The molecule has 0 atom stereocenters. The van der Waals surface area contributed by atoms with E-state index in [4.69, 9.17) is 9.84 Å². The quantitative estimate of drug-likeness (QED) is 0.795. The molecule has 0 unspecified atom stereocenters. The molecular weight excluding hydrogens is 185 g/mol. The molecule has 0 aliphatic heterocycles. The Morgan fingerprint density at radius 1 is 1.57 bits per heavy atom. The van der Waals surface area contributed by atoms with E-state index >= 15 is 0 Å². The van der Waals surface area contributed by atoms with E-state index in [1.54, 1.807) is 0 Å². The fraction of sp³-hybridized carbons (Fsp3) is 0.500. The van der Waals surface area contributed by atoms with Gasteiger partial charge in [-0.05, 0) is 18.8 Å². The molecule has 4 heteroatoms. The van der Waals surface area contributed by atoms with Crippen molar-refractivity contribution in [1.82, 2.24) is 4.98 Å². The Bertz CT molecular complexity index is 326. The van der Waals surface area contributed by atoms with E-state index in [2.05, 4.69) is 4.98 Å². The van der Waals surface area contributed by atoms with Gasteiger partial charge in [0.1, 0.15) is 11.4 Å². The fourth-order valence-electron chi connectivity index (χ4n) is 1.14. The lowest BCUT2D eigenvalue weighted by atomic mass is 10.3. The summed E-state index contributed by atoms with van der Waals surface area (Å²) in [4.78, 5) is 3.75. The second kappa shape index (κ2) is 3.92. The van der Waals surface area contributed by atoms with Crippen molar-refractivity contribution in [2.45, 2.75) is 19.4 Å². The van der Waals surface area contributed by atoms with E-state index in [1.807, 2.05) is 0 Å². The van der Waals surface area contributed by atoms with Crippen LogP contribution in [0, 0.1) is 11.7 Å². The van der Waals surface area contributed by atoms with Crippen molar-refractivity contribution in [3.05, 3.63) is 23.8 Å². The van der Waals surface area contributed by atoms with E-state index in [9.17, 15) is 4.39 Å². The van der Waals surface area contributed by atoms with Crippen LogP contribution in [0.15, 0.2) is 12.3 Å². The zero-order valence-electron chi connectivity index (χ0n) is 7.74. The van der Waals surface area contributed by atoms with Crippen LogP contribution in [0.3, 0.4) is 0 Å². The highest BCUT2D eigenvalue weighted by Crippen LogP contribution is 2.29. The minimum Gasteiger partial charge on any atom is -0.492 e. The molecule has 1 fully saturated rings. The predicted octanol–water partition coefficient (Wildman–Crippen LogP) is 1.50. The van der Waals surface area contributed by atoms with Gasteiger partial charge in [0.25, 0.3) is 0 Å². The van der Waals surface area contributed by atoms with Crippen LogP contribution in [0.5, 0.6) is 5.75 Å². The molecule has 3 nitrogen and oxygen atoms in total. The van der Waals surface area contributed by atoms with E-state index in [0.29, 0.717) is 18.3 Å². The van der Waals surface area contributed by atoms with Gasteiger partial charge >= 0.3 is 0 Å². The Balaban J connectivity index is 1.99. The monoisotopic (exact) mass is 197 g/mol. The van der Waals surface area contributed by atoms with Crippen molar-refractivity contribution in [2.75, 3.05) is 6.61 Å². The molecule has 1 aliphatic carbocycles. The summed E-state index contributed by atoms with van der Waals surface area (Å²) in [5, 5.41) is 8.69. The Labute approximate surface area is 81.5 Å². The molecular formula is C10H12FNO2. The topological polar surface area (TPSA) is 42.4 Å². The number of halogens is 1. The largest absolute Gasteiger partial charge is 0.492 e. The van der Waals surface area contributed by atoms with Crippen molar-refractivity contribution < 1.29 is 14.2 Å². The van der Waals surface area contributed by atoms with Gasteiger partial charge in [0.05, 0.1) is 19.4 Å². The Hall–Kier alpha value is -1.16. The van der Waals surface area contributed by atoms with Gasteiger partial charge in [-0.2, -0.15) is 0 Å². The number of pyridine rings is 1. The van der Waals surface area contributed by atoms with Gasteiger partial charge in [-0.15, -0.1) is 0 Å². The second-order valence-electron chi connectivity index (χ2n) is 3.51. The number of hydrogen-bond acceptors (Lipinski definition) is 3. The summed E-state index contributed by atoms with van der Waals surface area (Å²) in [5.74, 6) is 0.558. The summed E-state index contributed by atoms with van der Waals surface area (Å²) in [6.07, 6.45) is 3.84. The first-order chi connectivity index (χ1) is 6.79. The zero-order chi connectivity index (χ0) is 9.97. The third-order valence-corrected chi connectivity index (χ3v) is 2.22. The standard InChI is InChI=1S/C10H12FNO2/c11-9-3-8(4-12-10(9)5-13)14-6-7-1-2-7/h3-4,7,13H,1-2,5-6H2. The van der Waals surface area contributed by atoms with Crippen LogP contribution in [0.2, 0.25) is 0 Å². The molecule has 0 saturated heterocycles. The van der Waals surface area contributed by atoms with E-state index in [0.717, 1.165) is 0 Å². The second-order valence-corrected chi connectivity index (χ2v) is 3.51. The average molecular weight is 197 g/mol. The molecule has 0 amide bonds. The average Bonchev–Trinajstić information content (AvgIpc) is 2.98. The van der Waals surface area contributed by atoms with Gasteiger partial charge in [0.2, 0.25) is 0 Å². The molecule has 1 heterocycles. The van der Waals surface area contributed by atoms with Gasteiger partial charge in [-0.25, -0.2) is 4.39 Å². The zero-order valence-corrected chi connectivity index (χ0v) is 7.74. The highest BCUT2D eigenvalue weighted by molar-refractivity contribution is 5.21. The minimum atomic E-state index is -0.513. The first-order valence-electron chi connectivity index (χ1n) is 4.67. The fourth-order valence-corrected chi connectivity index (χ4v) is 1.14. The van der Waals surface area contributed by atoms with Crippen molar-refractivity contribution in [2.24, 2.45) is 5.92 Å². The lowest BCUT2D eigenvalue weighted by Gasteiger charge is -2.05. The van der Waals surface area contributed by atoms with Crippen molar-refractivity contribution >= 4 is 0 Å². The Morgan fingerprint density at radius 3 is 2.93 bits per heavy atom. The summed E-state index contributed by atoms with van der Waals surface area (Å²) >= 11 is 0. The maximum Gasteiger partial charge on any atom is 0.150 e. The summed E-state index contributed by atoms with van der Waals surface area (Å²) in [6.45, 7) is 0.258. The van der Waals surface area contributed by atoms with Gasteiger partial charge in [0, 0.05) is 6.07 Å². The first-order valence-corrected chi connectivity index (χ1v) is 4.67. The van der Waals surface area contributed by atoms with Gasteiger partial charge < -0.3 is 9.84 Å². The van der Waals surface area contributed by atoms with Crippen LogP contribution in [0.1, 0.15) is 18.5 Å². The number of aliphatic hydroxyl groups excluding tert-OH is 1.